The van der Waals surface area contributed by atoms with Crippen LogP contribution in [0.25, 0.3) is 0 Å². The standard InChI is InChI=1S/C13H19ClN4O/c1-8(2)17-3-4-18-9(6-17)7-19-11-5-10(14)12(15)16-13(11)18/h5,8-9H,3-4,6-7H2,1-2H3,(H2,15,16). The van der Waals surface area contributed by atoms with Gasteiger partial charge in [-0.25, -0.2) is 4.98 Å². The van der Waals surface area contributed by atoms with Crippen molar-refractivity contribution in [1.82, 2.24) is 9.88 Å². The van der Waals surface area contributed by atoms with Crippen LogP contribution < -0.4 is 15.4 Å². The van der Waals surface area contributed by atoms with Gasteiger partial charge in [-0.05, 0) is 13.8 Å². The summed E-state index contributed by atoms with van der Waals surface area (Å²) in [6.45, 7) is 8.12. The number of hydrogen-bond acceptors (Lipinski definition) is 5. The first-order valence-electron chi connectivity index (χ1n) is 6.65. The molecule has 0 amide bonds. The molecule has 1 saturated heterocycles. The number of ether oxygens (including phenoxy) is 1. The van der Waals surface area contributed by atoms with E-state index in [1.54, 1.807) is 6.07 Å². The summed E-state index contributed by atoms with van der Waals surface area (Å²) in [5.74, 6) is 1.95. The predicted octanol–water partition coefficient (Wildman–Crippen LogP) is 1.61. The molecule has 5 nitrogen and oxygen atoms in total. The zero-order chi connectivity index (χ0) is 13.6. The maximum atomic E-state index is 5.99. The minimum absolute atomic E-state index is 0.344. The predicted molar refractivity (Wildman–Crippen MR) is 77.0 cm³/mol. The average Bonchev–Trinajstić information content (AvgIpc) is 2.39. The Hall–Kier alpha value is -1.20. The van der Waals surface area contributed by atoms with E-state index < -0.39 is 0 Å². The second-order valence-corrected chi connectivity index (χ2v) is 5.83. The van der Waals surface area contributed by atoms with Crippen molar-refractivity contribution in [1.29, 1.82) is 0 Å². The largest absolute Gasteiger partial charge is 0.487 e. The van der Waals surface area contributed by atoms with Gasteiger partial charge in [0.1, 0.15) is 12.4 Å². The highest BCUT2D eigenvalue weighted by Gasteiger charge is 2.34. The van der Waals surface area contributed by atoms with E-state index in [1.807, 2.05) is 0 Å². The molecular weight excluding hydrogens is 264 g/mol. The Balaban J connectivity index is 1.88. The van der Waals surface area contributed by atoms with Gasteiger partial charge in [-0.15, -0.1) is 0 Å². The molecular formula is C13H19ClN4O. The van der Waals surface area contributed by atoms with E-state index in [0.29, 0.717) is 29.5 Å². The third-order valence-electron chi connectivity index (χ3n) is 3.90. The summed E-state index contributed by atoms with van der Waals surface area (Å²) in [6.07, 6.45) is 0. The molecule has 19 heavy (non-hydrogen) atoms. The van der Waals surface area contributed by atoms with Gasteiger partial charge in [-0.2, -0.15) is 0 Å². The van der Waals surface area contributed by atoms with Crippen molar-refractivity contribution < 1.29 is 4.74 Å². The Morgan fingerprint density at radius 2 is 2.26 bits per heavy atom. The Labute approximate surface area is 118 Å². The average molecular weight is 283 g/mol. The fraction of sp³-hybridized carbons (Fsp3) is 0.615. The van der Waals surface area contributed by atoms with Crippen LogP contribution >= 0.6 is 11.6 Å². The van der Waals surface area contributed by atoms with Crippen molar-refractivity contribution >= 4 is 23.2 Å². The molecule has 1 atom stereocenters. The smallest absolute Gasteiger partial charge is 0.174 e. The lowest BCUT2D eigenvalue weighted by atomic mass is 10.1. The van der Waals surface area contributed by atoms with Gasteiger partial charge in [0.15, 0.2) is 11.6 Å². The molecule has 2 N–H and O–H groups in total. The van der Waals surface area contributed by atoms with Gasteiger partial charge in [-0.3, -0.25) is 4.90 Å². The number of aromatic nitrogens is 1. The van der Waals surface area contributed by atoms with Gasteiger partial charge in [0, 0.05) is 31.7 Å². The first-order valence-corrected chi connectivity index (χ1v) is 7.03. The van der Waals surface area contributed by atoms with E-state index in [-0.39, 0.29) is 0 Å². The third kappa shape index (κ3) is 2.21. The number of piperazine rings is 1. The fourth-order valence-electron chi connectivity index (χ4n) is 2.74. The Bertz CT molecular complexity index is 494. The molecule has 0 bridgehead atoms. The van der Waals surface area contributed by atoms with Gasteiger partial charge in [0.25, 0.3) is 0 Å². The van der Waals surface area contributed by atoms with E-state index in [0.717, 1.165) is 31.2 Å². The molecule has 0 saturated carbocycles. The summed E-state index contributed by atoms with van der Waals surface area (Å²) < 4.78 is 5.79. The van der Waals surface area contributed by atoms with Crippen molar-refractivity contribution in [3.63, 3.8) is 0 Å². The lowest BCUT2D eigenvalue weighted by Crippen LogP contribution is -2.58. The Morgan fingerprint density at radius 1 is 1.47 bits per heavy atom. The summed E-state index contributed by atoms with van der Waals surface area (Å²) in [5, 5.41) is 0.456. The van der Waals surface area contributed by atoms with Crippen LogP contribution in [-0.4, -0.2) is 48.2 Å². The van der Waals surface area contributed by atoms with E-state index in [9.17, 15) is 0 Å². The van der Waals surface area contributed by atoms with Crippen LogP contribution in [0.4, 0.5) is 11.6 Å². The number of nitrogens with zero attached hydrogens (tertiary/aromatic N) is 3. The van der Waals surface area contributed by atoms with E-state index in [4.69, 9.17) is 22.1 Å². The van der Waals surface area contributed by atoms with Crippen LogP contribution in [0, 0.1) is 0 Å². The quantitative estimate of drug-likeness (QED) is 0.848. The number of nitrogen functional groups attached to an aromatic ring is 1. The molecule has 3 heterocycles. The molecule has 2 aliphatic heterocycles. The lowest BCUT2D eigenvalue weighted by molar-refractivity contribution is 0.141. The fourth-order valence-corrected chi connectivity index (χ4v) is 2.89. The number of hydrogen-bond donors (Lipinski definition) is 1. The summed E-state index contributed by atoms with van der Waals surface area (Å²) >= 11 is 5.99. The third-order valence-corrected chi connectivity index (χ3v) is 4.20. The molecule has 6 heteroatoms. The zero-order valence-electron chi connectivity index (χ0n) is 11.3. The monoisotopic (exact) mass is 282 g/mol. The normalized spacial score (nSPS) is 22.9. The van der Waals surface area contributed by atoms with Gasteiger partial charge in [0.05, 0.1) is 11.1 Å². The topological polar surface area (TPSA) is 54.6 Å². The SMILES string of the molecule is CC(C)N1CCN2c3nc(N)c(Cl)cc3OCC2C1. The Kier molecular flexibility index (Phi) is 3.19. The Morgan fingerprint density at radius 3 is 3.00 bits per heavy atom. The molecule has 2 aliphatic rings. The minimum atomic E-state index is 0.344. The number of pyridine rings is 1. The highest BCUT2D eigenvalue weighted by molar-refractivity contribution is 6.33. The molecule has 0 radical (unpaired) electrons. The summed E-state index contributed by atoms with van der Waals surface area (Å²) in [4.78, 5) is 9.16. The van der Waals surface area contributed by atoms with Crippen molar-refractivity contribution in [2.75, 3.05) is 36.9 Å². The maximum Gasteiger partial charge on any atom is 0.174 e. The van der Waals surface area contributed by atoms with E-state index >= 15 is 0 Å². The first-order chi connectivity index (χ1) is 9.06. The second kappa shape index (κ2) is 4.72. The van der Waals surface area contributed by atoms with Crippen molar-refractivity contribution in [3.8, 4) is 5.75 Å². The molecule has 0 aromatic carbocycles. The lowest BCUT2D eigenvalue weighted by Gasteiger charge is -2.46. The molecule has 3 rings (SSSR count). The highest BCUT2D eigenvalue weighted by atomic mass is 35.5. The van der Waals surface area contributed by atoms with Crippen molar-refractivity contribution in [3.05, 3.63) is 11.1 Å². The number of rotatable bonds is 1. The van der Waals surface area contributed by atoms with Gasteiger partial charge >= 0.3 is 0 Å². The number of anilines is 2. The van der Waals surface area contributed by atoms with Crippen molar-refractivity contribution in [2.24, 2.45) is 0 Å². The van der Waals surface area contributed by atoms with Gasteiger partial charge in [-0.1, -0.05) is 11.6 Å². The number of halogens is 1. The van der Waals surface area contributed by atoms with Crippen LogP contribution in [0.2, 0.25) is 5.02 Å². The molecule has 0 aliphatic carbocycles. The second-order valence-electron chi connectivity index (χ2n) is 5.42. The molecule has 104 valence electrons. The molecule has 1 fully saturated rings. The van der Waals surface area contributed by atoms with Crippen LogP contribution in [0.1, 0.15) is 13.8 Å². The van der Waals surface area contributed by atoms with Crippen LogP contribution in [-0.2, 0) is 0 Å². The number of fused-ring (bicyclic) bond motifs is 3. The molecule has 1 unspecified atom stereocenters. The number of nitrogens with two attached hydrogens (primary N) is 1. The van der Waals surface area contributed by atoms with E-state index in [1.165, 1.54) is 0 Å². The van der Waals surface area contributed by atoms with Crippen LogP contribution in [0.3, 0.4) is 0 Å². The van der Waals surface area contributed by atoms with Crippen LogP contribution in [0.15, 0.2) is 6.07 Å². The molecule has 0 spiro atoms. The summed E-state index contributed by atoms with van der Waals surface area (Å²) in [7, 11) is 0. The van der Waals surface area contributed by atoms with Gasteiger partial charge < -0.3 is 15.4 Å². The van der Waals surface area contributed by atoms with Gasteiger partial charge in [0.2, 0.25) is 0 Å². The van der Waals surface area contributed by atoms with E-state index in [2.05, 4.69) is 28.6 Å². The minimum Gasteiger partial charge on any atom is -0.487 e. The maximum absolute atomic E-state index is 5.99. The van der Waals surface area contributed by atoms with Crippen LogP contribution in [0.5, 0.6) is 5.75 Å². The molecule has 1 aromatic heterocycles. The first kappa shape index (κ1) is 12.8. The zero-order valence-corrected chi connectivity index (χ0v) is 12.0. The highest BCUT2D eigenvalue weighted by Crippen LogP contribution is 2.37. The molecule has 1 aromatic rings. The summed E-state index contributed by atoms with van der Waals surface area (Å²) in [5.41, 5.74) is 5.81. The van der Waals surface area contributed by atoms with Crippen molar-refractivity contribution in [2.45, 2.75) is 25.9 Å². The summed E-state index contributed by atoms with van der Waals surface area (Å²) in [6, 6.07) is 2.67.